The van der Waals surface area contributed by atoms with E-state index in [-0.39, 0.29) is 11.8 Å². The summed E-state index contributed by atoms with van der Waals surface area (Å²) in [6.07, 6.45) is 0.945. The minimum absolute atomic E-state index is 0.0470. The number of aliphatic imine (C=N–C) groups is 1. The number of fused-ring (bicyclic) bond motifs is 1. The maximum atomic E-state index is 12.7. The maximum absolute atomic E-state index is 12.7. The highest BCUT2D eigenvalue weighted by molar-refractivity contribution is 6.30. The number of ether oxygens (including phenoxy) is 1. The Hall–Kier alpha value is -3.38. The van der Waals surface area contributed by atoms with Crippen LogP contribution in [-0.2, 0) is 0 Å². The summed E-state index contributed by atoms with van der Waals surface area (Å²) in [6.45, 7) is 3.61. The molecule has 6 heteroatoms. The van der Waals surface area contributed by atoms with Gasteiger partial charge in [0.15, 0.2) is 5.88 Å². The molecular weight excluding hydrogens is 378 g/mol. The van der Waals surface area contributed by atoms with Crippen molar-refractivity contribution >= 4 is 11.6 Å². The summed E-state index contributed by atoms with van der Waals surface area (Å²) in [7, 11) is 4.07. The van der Waals surface area contributed by atoms with Gasteiger partial charge in [0.25, 0.3) is 5.91 Å². The number of nitrogens with one attached hydrogen (secondary N) is 1. The lowest BCUT2D eigenvalue weighted by atomic mass is 9.99. The Labute approximate surface area is 175 Å². The molecule has 0 atom stereocenters. The van der Waals surface area contributed by atoms with Crippen LogP contribution in [0.3, 0.4) is 0 Å². The van der Waals surface area contributed by atoms with Crippen LogP contribution < -0.4 is 4.74 Å². The van der Waals surface area contributed by atoms with Crippen LogP contribution in [0.5, 0.6) is 11.6 Å². The predicted molar refractivity (Wildman–Crippen MR) is 118 cm³/mol. The maximum Gasteiger partial charge on any atom is 0.280 e. The largest absolute Gasteiger partial charge is 0.494 e. The van der Waals surface area contributed by atoms with Gasteiger partial charge in [0.05, 0.1) is 29.1 Å². The van der Waals surface area contributed by atoms with Crippen LogP contribution in [-0.4, -0.2) is 53.9 Å². The van der Waals surface area contributed by atoms with Crippen molar-refractivity contribution in [2.45, 2.75) is 13.3 Å². The van der Waals surface area contributed by atoms with Crippen molar-refractivity contribution in [2.24, 2.45) is 4.99 Å². The van der Waals surface area contributed by atoms with Gasteiger partial charge in [-0.1, -0.05) is 29.8 Å². The fourth-order valence-corrected chi connectivity index (χ4v) is 3.57. The van der Waals surface area contributed by atoms with Gasteiger partial charge in [-0.3, -0.25) is 4.79 Å². The Morgan fingerprint density at radius 3 is 2.33 bits per heavy atom. The highest BCUT2D eigenvalue weighted by atomic mass is 16.5. The van der Waals surface area contributed by atoms with E-state index in [9.17, 15) is 9.90 Å². The Kier molecular flexibility index (Phi) is 5.42. The molecule has 4 rings (SSSR count). The summed E-state index contributed by atoms with van der Waals surface area (Å²) in [5.41, 5.74) is 4.64. The van der Waals surface area contributed by atoms with Crippen LogP contribution in [0.4, 0.5) is 0 Å². The molecule has 0 spiro atoms. The summed E-state index contributed by atoms with van der Waals surface area (Å²) in [6, 6.07) is 15.2. The summed E-state index contributed by atoms with van der Waals surface area (Å²) in [5, 5.41) is 10.5. The monoisotopic (exact) mass is 403 g/mol. The second-order valence-corrected chi connectivity index (χ2v) is 7.76. The number of H-pyrrole nitrogens is 1. The van der Waals surface area contributed by atoms with Crippen molar-refractivity contribution in [3.63, 3.8) is 0 Å². The molecule has 1 aliphatic heterocycles. The number of benzene rings is 2. The molecule has 0 unspecified atom stereocenters. The average Bonchev–Trinajstić information content (AvgIpc) is 3.25. The smallest absolute Gasteiger partial charge is 0.280 e. The summed E-state index contributed by atoms with van der Waals surface area (Å²) >= 11 is 0. The fraction of sp³-hybridized carbons (Fsp3) is 0.250. The Bertz CT molecular complexity index is 1090. The van der Waals surface area contributed by atoms with Gasteiger partial charge >= 0.3 is 0 Å². The topological polar surface area (TPSA) is 77.9 Å². The third-order valence-corrected chi connectivity index (χ3v) is 5.13. The minimum atomic E-state index is -0.351. The molecule has 2 heterocycles. The van der Waals surface area contributed by atoms with Crippen LogP contribution in [0.15, 0.2) is 53.5 Å². The molecule has 30 heavy (non-hydrogen) atoms. The molecule has 1 amide bonds. The molecule has 0 radical (unpaired) electrons. The van der Waals surface area contributed by atoms with Gasteiger partial charge in [0.2, 0.25) is 0 Å². The highest BCUT2D eigenvalue weighted by Crippen LogP contribution is 2.38. The van der Waals surface area contributed by atoms with E-state index in [1.165, 1.54) is 0 Å². The first-order chi connectivity index (χ1) is 14.4. The molecule has 0 aliphatic carbocycles. The van der Waals surface area contributed by atoms with E-state index < -0.39 is 0 Å². The zero-order valence-corrected chi connectivity index (χ0v) is 17.4. The summed E-state index contributed by atoms with van der Waals surface area (Å²) in [4.78, 5) is 22.0. The van der Waals surface area contributed by atoms with Crippen molar-refractivity contribution in [3.8, 4) is 22.9 Å². The Morgan fingerprint density at radius 2 is 1.67 bits per heavy atom. The zero-order chi connectivity index (χ0) is 21.3. The van der Waals surface area contributed by atoms with Gasteiger partial charge in [0, 0.05) is 12.1 Å². The van der Waals surface area contributed by atoms with E-state index in [1.807, 2.05) is 69.6 Å². The molecule has 1 aromatic heterocycles. The zero-order valence-electron chi connectivity index (χ0n) is 17.4. The number of nitrogens with zero attached hydrogens (tertiary/aromatic N) is 2. The highest BCUT2D eigenvalue weighted by Gasteiger charge is 2.33. The van der Waals surface area contributed by atoms with E-state index >= 15 is 0 Å². The quantitative estimate of drug-likeness (QED) is 0.584. The molecule has 0 saturated heterocycles. The summed E-state index contributed by atoms with van der Waals surface area (Å²) in [5.74, 6) is 0.373. The van der Waals surface area contributed by atoms with E-state index in [0.29, 0.717) is 29.1 Å². The molecule has 2 aromatic carbocycles. The number of aryl methyl sites for hydroxylation is 1. The van der Waals surface area contributed by atoms with Gasteiger partial charge in [-0.15, -0.1) is 0 Å². The normalized spacial score (nSPS) is 12.9. The lowest BCUT2D eigenvalue weighted by molar-refractivity contribution is 0.101. The third kappa shape index (κ3) is 3.86. The molecule has 6 nitrogen and oxygen atoms in total. The Balaban J connectivity index is 1.58. The third-order valence-electron chi connectivity index (χ3n) is 5.13. The van der Waals surface area contributed by atoms with Gasteiger partial charge < -0.3 is 19.7 Å². The van der Waals surface area contributed by atoms with Gasteiger partial charge in [-0.2, -0.15) is 0 Å². The van der Waals surface area contributed by atoms with Crippen LogP contribution in [0.2, 0.25) is 0 Å². The lowest BCUT2D eigenvalue weighted by Crippen LogP contribution is -2.15. The first-order valence-electron chi connectivity index (χ1n) is 9.97. The number of aromatic hydroxyl groups is 1. The average molecular weight is 403 g/mol. The van der Waals surface area contributed by atoms with E-state index in [2.05, 4.69) is 14.9 Å². The number of amides is 1. The molecule has 154 valence electrons. The first kappa shape index (κ1) is 19.9. The number of carbonyl (C=O) groups excluding carboxylic acids is 1. The first-order valence-corrected chi connectivity index (χ1v) is 9.97. The van der Waals surface area contributed by atoms with Gasteiger partial charge in [0.1, 0.15) is 5.75 Å². The number of carbonyl (C=O) groups is 1. The van der Waals surface area contributed by atoms with Crippen LogP contribution >= 0.6 is 0 Å². The van der Waals surface area contributed by atoms with Gasteiger partial charge in [-0.05, 0) is 57.3 Å². The van der Waals surface area contributed by atoms with Crippen molar-refractivity contribution in [1.29, 1.82) is 0 Å². The van der Waals surface area contributed by atoms with Gasteiger partial charge in [-0.25, -0.2) is 4.99 Å². The van der Waals surface area contributed by atoms with Crippen LogP contribution in [0.25, 0.3) is 11.3 Å². The minimum Gasteiger partial charge on any atom is -0.494 e. The second-order valence-electron chi connectivity index (χ2n) is 7.76. The second kappa shape index (κ2) is 8.16. The van der Waals surface area contributed by atoms with E-state index in [1.54, 1.807) is 0 Å². The lowest BCUT2D eigenvalue weighted by Gasteiger charge is -2.10. The molecule has 1 aliphatic rings. The molecular formula is C24H25N3O3. The van der Waals surface area contributed by atoms with Crippen molar-refractivity contribution in [3.05, 3.63) is 70.8 Å². The number of aromatic amines is 1. The molecule has 0 saturated carbocycles. The van der Waals surface area contributed by atoms with Crippen molar-refractivity contribution in [1.82, 2.24) is 9.88 Å². The number of hydrogen-bond acceptors (Lipinski definition) is 4. The molecule has 2 N–H and O–H groups in total. The van der Waals surface area contributed by atoms with Crippen LogP contribution in [0.1, 0.15) is 33.5 Å². The fourth-order valence-electron chi connectivity index (χ4n) is 3.57. The summed E-state index contributed by atoms with van der Waals surface area (Å²) < 4.78 is 5.77. The van der Waals surface area contributed by atoms with Crippen molar-refractivity contribution < 1.29 is 14.6 Å². The molecule has 3 aromatic rings. The SMILES string of the molecule is Cc1ccc(C2=NC(=O)c3c(-c4ccc(OCCCN(C)C)cc4)[nH]c(O)c32)cc1. The van der Waals surface area contributed by atoms with Crippen molar-refractivity contribution in [2.75, 3.05) is 27.2 Å². The molecule has 0 bridgehead atoms. The number of aromatic nitrogens is 1. The van der Waals surface area contributed by atoms with Crippen LogP contribution in [0, 0.1) is 6.92 Å². The van der Waals surface area contributed by atoms with E-state index in [0.717, 1.165) is 35.4 Å². The molecule has 0 fully saturated rings. The number of rotatable bonds is 7. The number of hydrogen-bond donors (Lipinski definition) is 2. The standard InChI is InChI=1S/C24H25N3O3/c1-15-5-7-16(8-6-15)21-19-20(24(29)25-21)22(26-23(19)28)17-9-11-18(12-10-17)30-14-4-13-27(2)3/h5-12,26,28H,4,13-14H2,1-3H3. The predicted octanol–water partition coefficient (Wildman–Crippen LogP) is 4.02. The van der Waals surface area contributed by atoms with E-state index in [4.69, 9.17) is 4.74 Å². The Morgan fingerprint density at radius 1 is 1.00 bits per heavy atom.